The van der Waals surface area contributed by atoms with E-state index in [2.05, 4.69) is 0 Å². The summed E-state index contributed by atoms with van der Waals surface area (Å²) in [4.78, 5) is 11.5. The topological polar surface area (TPSA) is 63.3 Å². The van der Waals surface area contributed by atoms with E-state index in [0.717, 1.165) is 16.7 Å². The van der Waals surface area contributed by atoms with Gasteiger partial charge in [0, 0.05) is 5.41 Å². The average molecular weight is 331 g/mol. The molecule has 1 atom stereocenters. The molecule has 126 valence electrons. The second-order valence-electron chi connectivity index (χ2n) is 6.15. The summed E-state index contributed by atoms with van der Waals surface area (Å²) in [6.45, 7) is 0. The molecule has 3 N–H and O–H groups in total. The Hall–Kier alpha value is -2.91. The Balaban J connectivity index is 2.29. The first-order valence-electron chi connectivity index (χ1n) is 8.29. The van der Waals surface area contributed by atoms with Gasteiger partial charge in [0.15, 0.2) is 0 Å². The summed E-state index contributed by atoms with van der Waals surface area (Å²) in [5.74, 6) is -0.993. The predicted molar refractivity (Wildman–Crippen MR) is 99.4 cm³/mol. The first-order chi connectivity index (χ1) is 12.1. The maximum atomic E-state index is 11.5. The van der Waals surface area contributed by atoms with Gasteiger partial charge >= 0.3 is 5.97 Å². The third-order valence-electron chi connectivity index (χ3n) is 4.64. The van der Waals surface area contributed by atoms with E-state index in [9.17, 15) is 9.90 Å². The van der Waals surface area contributed by atoms with Crippen LogP contribution in [0.15, 0.2) is 91.0 Å². The molecule has 0 aliphatic heterocycles. The fourth-order valence-corrected chi connectivity index (χ4v) is 3.44. The summed E-state index contributed by atoms with van der Waals surface area (Å²) in [6.07, 6.45) is 0.278. The molecule has 0 aliphatic carbocycles. The molecule has 3 aromatic carbocycles. The van der Waals surface area contributed by atoms with Gasteiger partial charge in [-0.25, -0.2) is 0 Å². The zero-order valence-corrected chi connectivity index (χ0v) is 13.9. The summed E-state index contributed by atoms with van der Waals surface area (Å²) in [5.41, 5.74) is 8.49. The van der Waals surface area contributed by atoms with Gasteiger partial charge in [-0.1, -0.05) is 91.0 Å². The normalized spacial score (nSPS) is 12.5. The molecule has 0 amide bonds. The number of hydrogen-bond donors (Lipinski definition) is 2. The molecule has 0 heterocycles. The van der Waals surface area contributed by atoms with E-state index in [1.54, 1.807) is 0 Å². The van der Waals surface area contributed by atoms with Crippen molar-refractivity contribution in [1.29, 1.82) is 0 Å². The van der Waals surface area contributed by atoms with Crippen molar-refractivity contribution in [1.82, 2.24) is 0 Å². The van der Waals surface area contributed by atoms with E-state index >= 15 is 0 Å². The van der Waals surface area contributed by atoms with Crippen molar-refractivity contribution in [2.24, 2.45) is 5.73 Å². The maximum absolute atomic E-state index is 11.5. The molecule has 0 radical (unpaired) electrons. The molecule has 0 aliphatic rings. The Morgan fingerprint density at radius 3 is 1.36 bits per heavy atom. The van der Waals surface area contributed by atoms with Gasteiger partial charge in [0.05, 0.1) is 0 Å². The average Bonchev–Trinajstić information content (AvgIpc) is 2.68. The minimum absolute atomic E-state index is 0.278. The standard InChI is InChI=1S/C22H21NO2/c23-20(21(24)25)16-22(17-10-4-1-5-11-17,18-12-6-2-7-13-18)19-14-8-3-9-15-19/h1-15,20H,16,23H2,(H,24,25)/t20-/m1/s1. The molecule has 0 fully saturated rings. The lowest BCUT2D eigenvalue weighted by atomic mass is 9.66. The molecular weight excluding hydrogens is 310 g/mol. The van der Waals surface area contributed by atoms with Crippen LogP contribution in [-0.4, -0.2) is 17.1 Å². The summed E-state index contributed by atoms with van der Waals surface area (Å²) in [6, 6.07) is 29.0. The Morgan fingerprint density at radius 2 is 1.08 bits per heavy atom. The molecular formula is C22H21NO2. The van der Waals surface area contributed by atoms with Crippen molar-refractivity contribution in [3.8, 4) is 0 Å². The molecule has 25 heavy (non-hydrogen) atoms. The molecule has 0 saturated carbocycles. The fourth-order valence-electron chi connectivity index (χ4n) is 3.44. The van der Waals surface area contributed by atoms with E-state index in [4.69, 9.17) is 5.73 Å². The highest BCUT2D eigenvalue weighted by molar-refractivity contribution is 5.74. The van der Waals surface area contributed by atoms with Crippen LogP contribution < -0.4 is 5.73 Å². The summed E-state index contributed by atoms with van der Waals surface area (Å²) in [5, 5.41) is 9.46. The molecule has 3 rings (SSSR count). The lowest BCUT2D eigenvalue weighted by Crippen LogP contribution is -2.41. The van der Waals surface area contributed by atoms with Gasteiger partial charge in [0.25, 0.3) is 0 Å². The molecule has 0 aromatic heterocycles. The van der Waals surface area contributed by atoms with E-state index in [0.29, 0.717) is 0 Å². The highest BCUT2D eigenvalue weighted by Gasteiger charge is 2.39. The summed E-state index contributed by atoms with van der Waals surface area (Å²) < 4.78 is 0. The summed E-state index contributed by atoms with van der Waals surface area (Å²) in [7, 11) is 0. The van der Waals surface area contributed by atoms with Crippen molar-refractivity contribution in [2.75, 3.05) is 0 Å². The molecule has 3 nitrogen and oxygen atoms in total. The van der Waals surface area contributed by atoms with Crippen LogP contribution in [-0.2, 0) is 10.2 Å². The van der Waals surface area contributed by atoms with E-state index < -0.39 is 17.4 Å². The Bertz CT molecular complexity index is 720. The van der Waals surface area contributed by atoms with Crippen LogP contribution in [0.2, 0.25) is 0 Å². The Morgan fingerprint density at radius 1 is 0.760 bits per heavy atom. The smallest absolute Gasteiger partial charge is 0.320 e. The molecule has 3 heteroatoms. The minimum Gasteiger partial charge on any atom is -0.480 e. The van der Waals surface area contributed by atoms with Gasteiger partial charge in [-0.05, 0) is 23.1 Å². The highest BCUT2D eigenvalue weighted by atomic mass is 16.4. The van der Waals surface area contributed by atoms with Gasteiger partial charge in [0.2, 0.25) is 0 Å². The van der Waals surface area contributed by atoms with E-state index in [-0.39, 0.29) is 6.42 Å². The van der Waals surface area contributed by atoms with Crippen LogP contribution >= 0.6 is 0 Å². The maximum Gasteiger partial charge on any atom is 0.320 e. The van der Waals surface area contributed by atoms with Crippen molar-refractivity contribution >= 4 is 5.97 Å². The number of carboxylic acid groups (broad SMARTS) is 1. The second kappa shape index (κ2) is 7.32. The second-order valence-corrected chi connectivity index (χ2v) is 6.15. The molecule has 0 unspecified atom stereocenters. The van der Waals surface area contributed by atoms with E-state index in [1.165, 1.54) is 0 Å². The van der Waals surface area contributed by atoms with Crippen LogP contribution in [0.4, 0.5) is 0 Å². The minimum atomic E-state index is -0.993. The zero-order valence-electron chi connectivity index (χ0n) is 13.9. The van der Waals surface area contributed by atoms with Crippen molar-refractivity contribution < 1.29 is 9.90 Å². The monoisotopic (exact) mass is 331 g/mol. The van der Waals surface area contributed by atoms with Gasteiger partial charge in [0.1, 0.15) is 6.04 Å². The SMILES string of the molecule is N[C@H](CC(c1ccccc1)(c1ccccc1)c1ccccc1)C(=O)O. The number of hydrogen-bond acceptors (Lipinski definition) is 2. The third kappa shape index (κ3) is 3.32. The fraction of sp³-hybridized carbons (Fsp3) is 0.136. The van der Waals surface area contributed by atoms with E-state index in [1.807, 2.05) is 91.0 Å². The third-order valence-corrected chi connectivity index (χ3v) is 4.64. The largest absolute Gasteiger partial charge is 0.480 e. The number of carbonyl (C=O) groups is 1. The van der Waals surface area contributed by atoms with Gasteiger partial charge < -0.3 is 10.8 Å². The van der Waals surface area contributed by atoms with Crippen molar-refractivity contribution in [3.63, 3.8) is 0 Å². The highest BCUT2D eigenvalue weighted by Crippen LogP contribution is 2.42. The number of nitrogens with two attached hydrogens (primary N) is 1. The quantitative estimate of drug-likeness (QED) is 0.675. The molecule has 0 saturated heterocycles. The molecule has 0 spiro atoms. The lowest BCUT2D eigenvalue weighted by molar-refractivity contribution is -0.138. The first kappa shape index (κ1) is 16.9. The Kier molecular flexibility index (Phi) is 4.96. The zero-order chi connectivity index (χ0) is 17.7. The van der Waals surface area contributed by atoms with Crippen molar-refractivity contribution in [2.45, 2.75) is 17.9 Å². The Labute approximate surface area is 147 Å². The predicted octanol–water partition coefficient (Wildman–Crippen LogP) is 3.82. The number of aliphatic carboxylic acids is 1. The lowest BCUT2D eigenvalue weighted by Gasteiger charge is -2.37. The van der Waals surface area contributed by atoms with Gasteiger partial charge in [-0.2, -0.15) is 0 Å². The van der Waals surface area contributed by atoms with Crippen LogP contribution in [0.25, 0.3) is 0 Å². The van der Waals surface area contributed by atoms with Crippen LogP contribution in [0.5, 0.6) is 0 Å². The molecule has 3 aromatic rings. The first-order valence-corrected chi connectivity index (χ1v) is 8.29. The number of benzene rings is 3. The van der Waals surface area contributed by atoms with Crippen molar-refractivity contribution in [3.05, 3.63) is 108 Å². The summed E-state index contributed by atoms with van der Waals surface area (Å²) >= 11 is 0. The van der Waals surface area contributed by atoms with Gasteiger partial charge in [-0.3, -0.25) is 4.79 Å². The number of carboxylic acids is 1. The van der Waals surface area contributed by atoms with Crippen LogP contribution in [0, 0.1) is 0 Å². The number of rotatable bonds is 6. The molecule has 0 bridgehead atoms. The van der Waals surface area contributed by atoms with Crippen LogP contribution in [0.1, 0.15) is 23.1 Å². The van der Waals surface area contributed by atoms with Crippen LogP contribution in [0.3, 0.4) is 0 Å². The van der Waals surface area contributed by atoms with Gasteiger partial charge in [-0.15, -0.1) is 0 Å².